The minimum absolute atomic E-state index is 0.0314. The highest BCUT2D eigenvalue weighted by atomic mass is 19.1. The number of nitrogens with one attached hydrogen (secondary N) is 1. The van der Waals surface area contributed by atoms with Gasteiger partial charge < -0.3 is 14.5 Å². The third-order valence-electron chi connectivity index (χ3n) is 3.04. The first-order valence-electron chi connectivity index (χ1n) is 6.22. The van der Waals surface area contributed by atoms with Gasteiger partial charge in [0.05, 0.1) is 13.7 Å². The van der Waals surface area contributed by atoms with Gasteiger partial charge in [-0.15, -0.1) is 0 Å². The topological polar surface area (TPSA) is 34.4 Å². The van der Waals surface area contributed by atoms with Crippen LogP contribution in [-0.2, 0) is 6.54 Å². The van der Waals surface area contributed by atoms with E-state index in [1.165, 1.54) is 12.1 Å². The number of hydrogen-bond donors (Lipinski definition) is 1. The minimum Gasteiger partial charge on any atom is -0.496 e. The molecule has 0 fully saturated rings. The van der Waals surface area contributed by atoms with Crippen LogP contribution in [0, 0.1) is 12.7 Å². The van der Waals surface area contributed by atoms with Crippen molar-refractivity contribution in [2.24, 2.45) is 0 Å². The maximum absolute atomic E-state index is 13.3. The predicted octanol–water partition coefficient (Wildman–Crippen LogP) is 3.59. The molecule has 19 heavy (non-hydrogen) atoms. The van der Waals surface area contributed by atoms with Crippen LogP contribution < -0.4 is 10.1 Å². The molecule has 0 unspecified atom stereocenters. The number of benzene rings is 1. The molecule has 0 saturated heterocycles. The van der Waals surface area contributed by atoms with Crippen molar-refractivity contribution in [1.29, 1.82) is 0 Å². The summed E-state index contributed by atoms with van der Waals surface area (Å²) in [5, 5.41) is 3.29. The van der Waals surface area contributed by atoms with E-state index in [1.54, 1.807) is 13.2 Å². The molecule has 0 aliphatic rings. The fraction of sp³-hybridized carbons (Fsp3) is 0.333. The number of ether oxygens (including phenoxy) is 1. The lowest BCUT2D eigenvalue weighted by atomic mass is 10.1. The summed E-state index contributed by atoms with van der Waals surface area (Å²) < 4.78 is 24.0. The third kappa shape index (κ3) is 3.35. The average molecular weight is 263 g/mol. The predicted molar refractivity (Wildman–Crippen MR) is 71.7 cm³/mol. The van der Waals surface area contributed by atoms with Crippen LogP contribution in [0.25, 0.3) is 0 Å². The lowest BCUT2D eigenvalue weighted by Gasteiger charge is -2.16. The fourth-order valence-corrected chi connectivity index (χ4v) is 1.99. The largest absolute Gasteiger partial charge is 0.496 e. The molecule has 4 heteroatoms. The number of methoxy groups -OCH3 is 1. The molecular formula is C15H18FNO2. The zero-order chi connectivity index (χ0) is 13.8. The number of halogens is 1. The van der Waals surface area contributed by atoms with Gasteiger partial charge in [0.2, 0.25) is 0 Å². The lowest BCUT2D eigenvalue weighted by molar-refractivity contribution is 0.395. The van der Waals surface area contributed by atoms with Gasteiger partial charge in [-0.25, -0.2) is 4.39 Å². The number of furan rings is 1. The standard InChI is InChI=1S/C15H18FNO2/c1-10-4-6-13(19-10)9-17-11(2)14-8-12(16)5-7-15(14)18-3/h4-8,11,17H,9H2,1-3H3/t11-/m1/s1. The van der Waals surface area contributed by atoms with E-state index >= 15 is 0 Å². The molecule has 2 aromatic rings. The van der Waals surface area contributed by atoms with Crippen LogP contribution in [0.5, 0.6) is 5.75 Å². The van der Waals surface area contributed by atoms with Crippen molar-refractivity contribution < 1.29 is 13.5 Å². The normalized spacial score (nSPS) is 12.4. The van der Waals surface area contributed by atoms with E-state index < -0.39 is 0 Å². The van der Waals surface area contributed by atoms with E-state index in [9.17, 15) is 4.39 Å². The van der Waals surface area contributed by atoms with E-state index in [1.807, 2.05) is 26.0 Å². The van der Waals surface area contributed by atoms with Gasteiger partial charge in [-0.2, -0.15) is 0 Å². The summed E-state index contributed by atoms with van der Waals surface area (Å²) in [6.07, 6.45) is 0. The van der Waals surface area contributed by atoms with Crippen molar-refractivity contribution in [2.45, 2.75) is 26.4 Å². The first-order valence-corrected chi connectivity index (χ1v) is 6.22. The monoisotopic (exact) mass is 263 g/mol. The van der Waals surface area contributed by atoms with Gasteiger partial charge >= 0.3 is 0 Å². The summed E-state index contributed by atoms with van der Waals surface area (Å²) in [5.74, 6) is 2.16. The number of rotatable bonds is 5. The molecule has 1 N–H and O–H groups in total. The molecule has 0 saturated carbocycles. The van der Waals surface area contributed by atoms with Gasteiger partial charge in [0.15, 0.2) is 0 Å². The van der Waals surface area contributed by atoms with Crippen LogP contribution in [0.15, 0.2) is 34.7 Å². The van der Waals surface area contributed by atoms with Crippen LogP contribution in [0.2, 0.25) is 0 Å². The summed E-state index contributed by atoms with van der Waals surface area (Å²) in [7, 11) is 1.58. The second-order valence-electron chi connectivity index (χ2n) is 4.50. The molecule has 3 nitrogen and oxygen atoms in total. The Morgan fingerprint density at radius 2 is 2.11 bits per heavy atom. The smallest absolute Gasteiger partial charge is 0.123 e. The van der Waals surface area contributed by atoms with Crippen molar-refractivity contribution in [3.63, 3.8) is 0 Å². The Morgan fingerprint density at radius 1 is 1.32 bits per heavy atom. The Balaban J connectivity index is 2.06. The quantitative estimate of drug-likeness (QED) is 0.895. The van der Waals surface area contributed by atoms with Crippen molar-refractivity contribution in [3.05, 3.63) is 53.2 Å². The van der Waals surface area contributed by atoms with Crippen LogP contribution in [0.4, 0.5) is 4.39 Å². The zero-order valence-electron chi connectivity index (χ0n) is 11.4. The Kier molecular flexibility index (Phi) is 4.22. The summed E-state index contributed by atoms with van der Waals surface area (Å²) >= 11 is 0. The van der Waals surface area contributed by atoms with Gasteiger partial charge in [-0.1, -0.05) is 0 Å². The Bertz CT molecular complexity index is 551. The molecule has 0 bridgehead atoms. The van der Waals surface area contributed by atoms with Crippen molar-refractivity contribution >= 4 is 0 Å². The molecule has 0 radical (unpaired) electrons. The van der Waals surface area contributed by atoms with Crippen LogP contribution in [0.1, 0.15) is 30.0 Å². The Labute approximate surface area is 112 Å². The minimum atomic E-state index is -0.265. The fourth-order valence-electron chi connectivity index (χ4n) is 1.99. The molecule has 0 aliphatic carbocycles. The summed E-state index contributed by atoms with van der Waals surface area (Å²) in [4.78, 5) is 0. The van der Waals surface area contributed by atoms with Crippen molar-refractivity contribution in [3.8, 4) is 5.75 Å². The average Bonchev–Trinajstić information content (AvgIpc) is 2.81. The molecule has 1 aromatic carbocycles. The zero-order valence-corrected chi connectivity index (χ0v) is 11.4. The molecule has 0 aliphatic heterocycles. The van der Waals surface area contributed by atoms with Crippen LogP contribution in [0.3, 0.4) is 0 Å². The number of aryl methyl sites for hydroxylation is 1. The number of hydrogen-bond acceptors (Lipinski definition) is 3. The molecule has 2 rings (SSSR count). The molecule has 102 valence electrons. The second kappa shape index (κ2) is 5.89. The van der Waals surface area contributed by atoms with E-state index in [2.05, 4.69) is 5.32 Å². The molecular weight excluding hydrogens is 245 g/mol. The molecule has 1 atom stereocenters. The van der Waals surface area contributed by atoms with Gasteiger partial charge in [0.1, 0.15) is 23.1 Å². The van der Waals surface area contributed by atoms with Gasteiger partial charge in [0.25, 0.3) is 0 Å². The molecule has 0 spiro atoms. The summed E-state index contributed by atoms with van der Waals surface area (Å²) in [6, 6.07) is 8.34. The highest BCUT2D eigenvalue weighted by molar-refractivity contribution is 5.36. The van der Waals surface area contributed by atoms with Gasteiger partial charge in [-0.05, 0) is 44.2 Å². The molecule has 1 aromatic heterocycles. The second-order valence-corrected chi connectivity index (χ2v) is 4.50. The summed E-state index contributed by atoms with van der Waals surface area (Å²) in [5.41, 5.74) is 0.797. The third-order valence-corrected chi connectivity index (χ3v) is 3.04. The molecule has 1 heterocycles. The van der Waals surface area contributed by atoms with E-state index in [4.69, 9.17) is 9.15 Å². The first-order chi connectivity index (χ1) is 9.10. The maximum atomic E-state index is 13.3. The van der Waals surface area contributed by atoms with Crippen molar-refractivity contribution in [2.75, 3.05) is 7.11 Å². The van der Waals surface area contributed by atoms with Crippen LogP contribution >= 0.6 is 0 Å². The van der Waals surface area contributed by atoms with Crippen molar-refractivity contribution in [1.82, 2.24) is 5.32 Å². The Hall–Kier alpha value is -1.81. The maximum Gasteiger partial charge on any atom is 0.123 e. The highest BCUT2D eigenvalue weighted by Crippen LogP contribution is 2.26. The molecule has 0 amide bonds. The summed E-state index contributed by atoms with van der Waals surface area (Å²) in [6.45, 7) is 4.46. The first kappa shape index (κ1) is 13.6. The SMILES string of the molecule is COc1ccc(F)cc1[C@@H](C)NCc1ccc(C)o1. The van der Waals surface area contributed by atoms with E-state index in [-0.39, 0.29) is 11.9 Å². The van der Waals surface area contributed by atoms with Gasteiger partial charge in [0, 0.05) is 11.6 Å². The Morgan fingerprint density at radius 3 is 2.74 bits per heavy atom. The lowest BCUT2D eigenvalue weighted by Crippen LogP contribution is -2.18. The van der Waals surface area contributed by atoms with E-state index in [0.29, 0.717) is 12.3 Å². The highest BCUT2D eigenvalue weighted by Gasteiger charge is 2.12. The van der Waals surface area contributed by atoms with Crippen LogP contribution in [-0.4, -0.2) is 7.11 Å². The van der Waals surface area contributed by atoms with Gasteiger partial charge in [-0.3, -0.25) is 0 Å². The van der Waals surface area contributed by atoms with E-state index in [0.717, 1.165) is 17.1 Å².